The summed E-state index contributed by atoms with van der Waals surface area (Å²) >= 11 is 0. The Labute approximate surface area is 124 Å². The first kappa shape index (κ1) is 14.9. The first-order chi connectivity index (χ1) is 10.1. The van der Waals surface area contributed by atoms with Gasteiger partial charge < -0.3 is 10.1 Å². The number of nitrogens with one attached hydrogen (secondary N) is 1. The summed E-state index contributed by atoms with van der Waals surface area (Å²) in [6, 6.07) is 4.65. The number of morpholine rings is 1. The maximum Gasteiger partial charge on any atom is 0.163 e. The van der Waals surface area contributed by atoms with Crippen LogP contribution in [-0.4, -0.2) is 43.3 Å². The van der Waals surface area contributed by atoms with E-state index in [9.17, 15) is 8.78 Å². The van der Waals surface area contributed by atoms with Crippen LogP contribution < -0.4 is 5.32 Å². The van der Waals surface area contributed by atoms with Crippen molar-refractivity contribution < 1.29 is 13.5 Å². The molecule has 21 heavy (non-hydrogen) atoms. The molecule has 3 rings (SSSR count). The third-order valence-electron chi connectivity index (χ3n) is 4.56. The average molecular weight is 296 g/mol. The number of hydrogen-bond acceptors (Lipinski definition) is 3. The second-order valence-corrected chi connectivity index (χ2v) is 6.02. The lowest BCUT2D eigenvalue weighted by Crippen LogP contribution is -2.49. The SMILES string of the molecule is CC(NCC1CN2CCCC2CO1)c1cccc(F)c1F. The van der Waals surface area contributed by atoms with E-state index in [1.165, 1.54) is 18.9 Å². The molecule has 0 radical (unpaired) electrons. The van der Waals surface area contributed by atoms with Gasteiger partial charge in [0.1, 0.15) is 0 Å². The number of ether oxygens (including phenoxy) is 1. The fourth-order valence-corrected chi connectivity index (χ4v) is 3.28. The van der Waals surface area contributed by atoms with Crippen LogP contribution in [0.25, 0.3) is 0 Å². The molecule has 3 unspecified atom stereocenters. The van der Waals surface area contributed by atoms with Gasteiger partial charge >= 0.3 is 0 Å². The van der Waals surface area contributed by atoms with E-state index >= 15 is 0 Å². The minimum Gasteiger partial charge on any atom is -0.374 e. The van der Waals surface area contributed by atoms with Crippen molar-refractivity contribution in [2.75, 3.05) is 26.2 Å². The molecule has 0 aromatic heterocycles. The Morgan fingerprint density at radius 2 is 2.29 bits per heavy atom. The number of nitrogens with zero attached hydrogens (tertiary/aromatic N) is 1. The van der Waals surface area contributed by atoms with Gasteiger partial charge in [-0.2, -0.15) is 0 Å². The van der Waals surface area contributed by atoms with E-state index in [0.717, 1.165) is 25.8 Å². The zero-order chi connectivity index (χ0) is 14.8. The van der Waals surface area contributed by atoms with Crippen molar-refractivity contribution in [3.8, 4) is 0 Å². The zero-order valence-corrected chi connectivity index (χ0v) is 12.3. The number of rotatable bonds is 4. The van der Waals surface area contributed by atoms with Crippen LogP contribution in [0.5, 0.6) is 0 Å². The molecule has 2 saturated heterocycles. The summed E-state index contributed by atoms with van der Waals surface area (Å²) in [5.41, 5.74) is 0.366. The molecule has 5 heteroatoms. The Morgan fingerprint density at radius 1 is 1.43 bits per heavy atom. The number of hydrogen-bond donors (Lipinski definition) is 1. The van der Waals surface area contributed by atoms with Crippen molar-refractivity contribution in [3.05, 3.63) is 35.4 Å². The van der Waals surface area contributed by atoms with Crippen molar-refractivity contribution in [3.63, 3.8) is 0 Å². The number of fused-ring (bicyclic) bond motifs is 1. The lowest BCUT2D eigenvalue weighted by atomic mass is 10.1. The first-order valence-electron chi connectivity index (χ1n) is 7.68. The van der Waals surface area contributed by atoms with E-state index in [4.69, 9.17) is 4.74 Å². The molecule has 0 amide bonds. The van der Waals surface area contributed by atoms with Gasteiger partial charge in [-0.1, -0.05) is 12.1 Å². The summed E-state index contributed by atoms with van der Waals surface area (Å²) in [6.07, 6.45) is 2.60. The molecule has 2 fully saturated rings. The van der Waals surface area contributed by atoms with Crippen LogP contribution in [0, 0.1) is 11.6 Å². The molecule has 3 nitrogen and oxygen atoms in total. The molecule has 3 atom stereocenters. The molecule has 0 saturated carbocycles. The lowest BCUT2D eigenvalue weighted by Gasteiger charge is -2.35. The monoisotopic (exact) mass is 296 g/mol. The van der Waals surface area contributed by atoms with Crippen molar-refractivity contribution in [2.24, 2.45) is 0 Å². The van der Waals surface area contributed by atoms with E-state index in [1.807, 2.05) is 6.92 Å². The molecule has 1 N–H and O–H groups in total. The summed E-state index contributed by atoms with van der Waals surface area (Å²) in [7, 11) is 0. The molecule has 2 aliphatic heterocycles. The Hall–Kier alpha value is -1.04. The van der Waals surface area contributed by atoms with E-state index in [-0.39, 0.29) is 12.1 Å². The zero-order valence-electron chi connectivity index (χ0n) is 12.3. The minimum absolute atomic E-state index is 0.124. The normalized spacial score (nSPS) is 27.6. The smallest absolute Gasteiger partial charge is 0.163 e. The van der Waals surface area contributed by atoms with Gasteiger partial charge in [-0.25, -0.2) is 8.78 Å². The van der Waals surface area contributed by atoms with E-state index in [2.05, 4.69) is 10.2 Å². The van der Waals surface area contributed by atoms with Gasteiger partial charge in [-0.05, 0) is 32.4 Å². The largest absolute Gasteiger partial charge is 0.374 e. The molecule has 0 aliphatic carbocycles. The fraction of sp³-hybridized carbons (Fsp3) is 0.625. The fourth-order valence-electron chi connectivity index (χ4n) is 3.28. The molecule has 1 aromatic rings. The van der Waals surface area contributed by atoms with Gasteiger partial charge in [0.15, 0.2) is 11.6 Å². The van der Waals surface area contributed by atoms with E-state index in [1.54, 1.807) is 6.07 Å². The minimum atomic E-state index is -0.796. The van der Waals surface area contributed by atoms with Gasteiger partial charge in [0.25, 0.3) is 0 Å². The molecule has 2 aliphatic rings. The molecular formula is C16H22F2N2O. The summed E-state index contributed by atoms with van der Waals surface area (Å²) < 4.78 is 32.8. The summed E-state index contributed by atoms with van der Waals surface area (Å²) in [6.45, 7) is 5.36. The molecule has 1 aromatic carbocycles. The first-order valence-corrected chi connectivity index (χ1v) is 7.68. The summed E-state index contributed by atoms with van der Waals surface area (Å²) in [5.74, 6) is -1.56. The second kappa shape index (κ2) is 6.38. The Kier molecular flexibility index (Phi) is 4.52. The van der Waals surface area contributed by atoms with E-state index < -0.39 is 11.6 Å². The predicted octanol–water partition coefficient (Wildman–Crippen LogP) is 2.48. The van der Waals surface area contributed by atoms with Crippen molar-refractivity contribution in [1.29, 1.82) is 0 Å². The van der Waals surface area contributed by atoms with Crippen molar-refractivity contribution in [1.82, 2.24) is 10.2 Å². The quantitative estimate of drug-likeness (QED) is 0.924. The number of benzene rings is 1. The highest BCUT2D eigenvalue weighted by Gasteiger charge is 2.32. The predicted molar refractivity (Wildman–Crippen MR) is 77.1 cm³/mol. The standard InChI is InChI=1S/C16H22F2N2O/c1-11(14-5-2-6-15(17)16(14)18)19-8-13-9-20-7-3-4-12(20)10-21-13/h2,5-6,11-13,19H,3-4,7-10H2,1H3. The van der Waals surface area contributed by atoms with Crippen molar-refractivity contribution >= 4 is 0 Å². The van der Waals surface area contributed by atoms with Crippen LogP contribution >= 0.6 is 0 Å². The number of halogens is 2. The Balaban J connectivity index is 1.54. The summed E-state index contributed by atoms with van der Waals surface area (Å²) in [5, 5.41) is 3.26. The highest BCUT2D eigenvalue weighted by molar-refractivity contribution is 5.22. The van der Waals surface area contributed by atoms with Crippen LogP contribution in [0.4, 0.5) is 8.78 Å². The van der Waals surface area contributed by atoms with Crippen LogP contribution in [0.2, 0.25) is 0 Å². The third-order valence-corrected chi connectivity index (χ3v) is 4.56. The average Bonchev–Trinajstić information content (AvgIpc) is 2.95. The highest BCUT2D eigenvalue weighted by Crippen LogP contribution is 2.23. The molecule has 2 heterocycles. The molecule has 116 valence electrons. The Bertz CT molecular complexity index is 497. The van der Waals surface area contributed by atoms with Gasteiger partial charge in [-0.3, -0.25) is 4.90 Å². The summed E-state index contributed by atoms with van der Waals surface area (Å²) in [4.78, 5) is 2.48. The van der Waals surface area contributed by atoms with Crippen LogP contribution in [0.3, 0.4) is 0 Å². The van der Waals surface area contributed by atoms with Gasteiger partial charge in [0.2, 0.25) is 0 Å². The van der Waals surface area contributed by atoms with Crippen LogP contribution in [-0.2, 0) is 4.74 Å². The maximum absolute atomic E-state index is 13.7. The lowest BCUT2D eigenvalue weighted by molar-refractivity contribution is -0.0477. The van der Waals surface area contributed by atoms with Crippen LogP contribution in [0.1, 0.15) is 31.4 Å². The van der Waals surface area contributed by atoms with Gasteiger partial charge in [-0.15, -0.1) is 0 Å². The van der Waals surface area contributed by atoms with Crippen molar-refractivity contribution in [2.45, 2.75) is 38.0 Å². The van der Waals surface area contributed by atoms with Crippen LogP contribution in [0.15, 0.2) is 18.2 Å². The molecule has 0 bridgehead atoms. The Morgan fingerprint density at radius 3 is 3.14 bits per heavy atom. The third kappa shape index (κ3) is 3.25. The maximum atomic E-state index is 13.7. The highest BCUT2D eigenvalue weighted by atomic mass is 19.2. The topological polar surface area (TPSA) is 24.5 Å². The van der Waals surface area contributed by atoms with E-state index in [0.29, 0.717) is 18.2 Å². The molecular weight excluding hydrogens is 274 g/mol. The van der Waals surface area contributed by atoms with Gasteiger partial charge in [0.05, 0.1) is 12.7 Å². The molecule has 0 spiro atoms. The van der Waals surface area contributed by atoms with Gasteiger partial charge in [0, 0.05) is 30.7 Å². The second-order valence-electron chi connectivity index (χ2n) is 6.02.